The normalized spacial score (nSPS) is 14.0. The van der Waals surface area contributed by atoms with Gasteiger partial charge in [0.05, 0.1) is 15.6 Å². The summed E-state index contributed by atoms with van der Waals surface area (Å²) in [6, 6.07) is 19.7. The van der Waals surface area contributed by atoms with Crippen molar-refractivity contribution in [3.63, 3.8) is 0 Å². The molecule has 1 aliphatic rings. The highest BCUT2D eigenvalue weighted by Crippen LogP contribution is 2.28. The van der Waals surface area contributed by atoms with Crippen LogP contribution >= 0.6 is 34.8 Å². The number of rotatable bonds is 5. The monoisotopic (exact) mass is 457 g/mol. The van der Waals surface area contributed by atoms with Gasteiger partial charge in [0.1, 0.15) is 6.04 Å². The zero-order valence-electron chi connectivity index (χ0n) is 15.4. The molecule has 0 fully saturated rings. The average molecular weight is 459 g/mol. The fourth-order valence-electron chi connectivity index (χ4n) is 3.05. The van der Waals surface area contributed by atoms with E-state index in [0.717, 1.165) is 0 Å². The van der Waals surface area contributed by atoms with E-state index in [-0.39, 0.29) is 11.7 Å². The zero-order chi connectivity index (χ0) is 21.3. The number of hydrogen-bond acceptors (Lipinski definition) is 3. The average Bonchev–Trinajstić information content (AvgIpc) is 2.74. The smallest absolute Gasteiger partial charge is 0.274 e. The number of carbonyl (C=O) groups is 1. The van der Waals surface area contributed by atoms with Crippen molar-refractivity contribution in [2.75, 3.05) is 0 Å². The molecule has 4 rings (SSSR count). The Kier molecular flexibility index (Phi) is 5.77. The number of amidine groups is 2. The molecule has 0 saturated carbocycles. The Balaban J connectivity index is 1.68. The Morgan fingerprint density at radius 1 is 0.933 bits per heavy atom. The second-order valence-corrected chi connectivity index (χ2v) is 7.80. The largest absolute Gasteiger partial charge is 0.740 e. The Morgan fingerprint density at radius 3 is 2.37 bits per heavy atom. The van der Waals surface area contributed by atoms with Crippen molar-refractivity contribution in [1.82, 2.24) is 5.32 Å². The number of carbonyl (C=O) groups excluding carboxylic acids is 1. The Bertz CT molecular complexity index is 1190. The molecule has 3 aromatic rings. The van der Waals surface area contributed by atoms with Gasteiger partial charge in [0.25, 0.3) is 17.6 Å². The van der Waals surface area contributed by atoms with Crippen LogP contribution in [0.3, 0.4) is 0 Å². The van der Waals surface area contributed by atoms with Crippen molar-refractivity contribution in [1.29, 1.82) is 0 Å². The lowest BCUT2D eigenvalue weighted by Gasteiger charge is -2.28. The van der Waals surface area contributed by atoms with Gasteiger partial charge >= 0.3 is 0 Å². The van der Waals surface area contributed by atoms with E-state index in [0.29, 0.717) is 36.5 Å². The number of nitrogens with zero attached hydrogens (tertiary/aromatic N) is 2. The van der Waals surface area contributed by atoms with Gasteiger partial charge in [-0.3, -0.25) is 4.79 Å². The maximum absolute atomic E-state index is 12.8. The van der Waals surface area contributed by atoms with Gasteiger partial charge in [-0.25, -0.2) is 4.74 Å². The third kappa shape index (κ3) is 4.05. The first-order chi connectivity index (χ1) is 14.4. The van der Waals surface area contributed by atoms with Crippen molar-refractivity contribution in [2.45, 2.75) is 6.04 Å². The molecule has 1 aliphatic heterocycles. The number of amides is 1. The molecule has 5 nitrogen and oxygen atoms in total. The minimum absolute atomic E-state index is 0.141. The van der Waals surface area contributed by atoms with Crippen LogP contribution < -0.4 is 5.32 Å². The van der Waals surface area contributed by atoms with Gasteiger partial charge in [0.2, 0.25) is 0 Å². The van der Waals surface area contributed by atoms with Crippen LogP contribution in [0.15, 0.2) is 77.8 Å². The van der Waals surface area contributed by atoms with E-state index in [1.165, 1.54) is 0 Å². The summed E-state index contributed by atoms with van der Waals surface area (Å²) >= 11 is 18.2. The maximum atomic E-state index is 12.8. The van der Waals surface area contributed by atoms with Gasteiger partial charge in [-0.15, -0.1) is 0 Å². The molecule has 1 unspecified atom stereocenters. The fraction of sp³-hybridized carbons (Fsp3) is 0.0455. The van der Waals surface area contributed by atoms with E-state index < -0.39 is 11.9 Å². The summed E-state index contributed by atoms with van der Waals surface area (Å²) < 4.78 is 0.709. The topological polar surface area (TPSA) is 67.5 Å². The summed E-state index contributed by atoms with van der Waals surface area (Å²) in [5, 5.41) is 16.8. The summed E-state index contributed by atoms with van der Waals surface area (Å²) in [4.78, 5) is 17.2. The quantitative estimate of drug-likeness (QED) is 0.406. The molecular formula is C22H14Cl3N3O2. The molecule has 150 valence electrons. The van der Waals surface area contributed by atoms with Gasteiger partial charge in [-0.1, -0.05) is 70.1 Å². The molecule has 3 aromatic carbocycles. The van der Waals surface area contributed by atoms with E-state index in [4.69, 9.17) is 34.8 Å². The van der Waals surface area contributed by atoms with Gasteiger partial charge in [0.15, 0.2) is 0 Å². The SMILES string of the molecule is O=C(NC(C1=NC(c2ccccc2)=[N+]1[O-])c1ccc(Cl)c(Cl)c1)c1cccc(Cl)c1. The van der Waals surface area contributed by atoms with Crippen LogP contribution in [0.1, 0.15) is 27.5 Å². The van der Waals surface area contributed by atoms with E-state index in [2.05, 4.69) is 10.3 Å². The molecule has 30 heavy (non-hydrogen) atoms. The second kappa shape index (κ2) is 8.48. The Morgan fingerprint density at radius 2 is 1.70 bits per heavy atom. The summed E-state index contributed by atoms with van der Waals surface area (Å²) in [5.74, 6) is 0.00752. The lowest BCUT2D eigenvalue weighted by Crippen LogP contribution is -2.44. The predicted octanol–water partition coefficient (Wildman–Crippen LogP) is 5.49. The molecular weight excluding hydrogens is 445 g/mol. The molecule has 0 bridgehead atoms. The van der Waals surface area contributed by atoms with Gasteiger partial charge in [-0.2, -0.15) is 0 Å². The molecule has 8 heteroatoms. The first kappa shape index (κ1) is 20.4. The summed E-state index contributed by atoms with van der Waals surface area (Å²) in [6.45, 7) is 0. The fourth-order valence-corrected chi connectivity index (χ4v) is 3.54. The van der Waals surface area contributed by atoms with Crippen LogP contribution in [-0.2, 0) is 0 Å². The van der Waals surface area contributed by atoms with Crippen LogP contribution in [-0.4, -0.2) is 22.3 Å². The Labute approximate surface area is 187 Å². The van der Waals surface area contributed by atoms with Crippen molar-refractivity contribution >= 4 is 52.4 Å². The molecule has 0 radical (unpaired) electrons. The molecule has 0 aromatic heterocycles. The highest BCUT2D eigenvalue weighted by atomic mass is 35.5. The molecule has 1 atom stereocenters. The van der Waals surface area contributed by atoms with Crippen LogP contribution in [0.5, 0.6) is 0 Å². The van der Waals surface area contributed by atoms with Crippen molar-refractivity contribution in [3.8, 4) is 0 Å². The number of nitrogens with one attached hydrogen (secondary N) is 1. The number of halogens is 3. The molecule has 0 spiro atoms. The van der Waals surface area contributed by atoms with E-state index in [9.17, 15) is 10.0 Å². The number of hydrogen-bond donors (Lipinski definition) is 1. The van der Waals surface area contributed by atoms with Crippen LogP contribution in [0.4, 0.5) is 0 Å². The highest BCUT2D eigenvalue weighted by molar-refractivity contribution is 6.42. The second-order valence-electron chi connectivity index (χ2n) is 6.54. The van der Waals surface area contributed by atoms with Crippen molar-refractivity contribution in [2.24, 2.45) is 4.99 Å². The first-order valence-corrected chi connectivity index (χ1v) is 10.1. The summed E-state index contributed by atoms with van der Waals surface area (Å²) in [6.07, 6.45) is 0. The van der Waals surface area contributed by atoms with Gasteiger partial charge < -0.3 is 10.5 Å². The van der Waals surface area contributed by atoms with Crippen molar-refractivity contribution < 1.29 is 9.53 Å². The zero-order valence-corrected chi connectivity index (χ0v) is 17.6. The third-order valence-electron chi connectivity index (χ3n) is 4.55. The van der Waals surface area contributed by atoms with Crippen molar-refractivity contribution in [3.05, 3.63) is 110 Å². The lowest BCUT2D eigenvalue weighted by molar-refractivity contribution is -0.344. The molecule has 0 aliphatic carbocycles. The van der Waals surface area contributed by atoms with E-state index in [1.54, 1.807) is 54.6 Å². The Hall–Kier alpha value is -2.86. The first-order valence-electron chi connectivity index (χ1n) is 8.93. The number of hydroxylamine groups is 1. The minimum Gasteiger partial charge on any atom is -0.740 e. The molecule has 1 amide bonds. The minimum atomic E-state index is -0.823. The summed E-state index contributed by atoms with van der Waals surface area (Å²) in [5.41, 5.74) is 1.62. The molecule has 1 N–H and O–H groups in total. The molecule has 0 saturated heterocycles. The number of aliphatic imine (C=N–C) groups is 1. The van der Waals surface area contributed by atoms with Crippen LogP contribution in [0, 0.1) is 5.21 Å². The lowest BCUT2D eigenvalue weighted by atomic mass is 10.0. The predicted molar refractivity (Wildman–Crippen MR) is 120 cm³/mol. The summed E-state index contributed by atoms with van der Waals surface area (Å²) in [7, 11) is 0. The van der Waals surface area contributed by atoms with Crippen LogP contribution in [0.2, 0.25) is 15.1 Å². The number of benzene rings is 3. The van der Waals surface area contributed by atoms with E-state index >= 15 is 0 Å². The highest BCUT2D eigenvalue weighted by Gasteiger charge is 2.35. The molecule has 1 heterocycles. The van der Waals surface area contributed by atoms with E-state index in [1.807, 2.05) is 18.2 Å². The van der Waals surface area contributed by atoms with Gasteiger partial charge in [0, 0.05) is 10.6 Å². The standard InChI is InChI=1S/C22H14Cl3N3O2/c23-16-8-4-7-15(11-16)22(29)26-19(14-9-10-17(24)18(25)12-14)21-27-20(28(21)30)13-5-2-1-3-6-13/h1-12,19H,(H,26,29). The maximum Gasteiger partial charge on any atom is 0.274 e. The third-order valence-corrected chi connectivity index (χ3v) is 5.52. The van der Waals surface area contributed by atoms with Gasteiger partial charge in [-0.05, 0) is 48.0 Å². The van der Waals surface area contributed by atoms with Crippen LogP contribution in [0.25, 0.3) is 0 Å².